The molecular weight excluding hydrogens is 307 g/mol. The van der Waals surface area contributed by atoms with Crippen molar-refractivity contribution in [2.75, 3.05) is 5.32 Å². The summed E-state index contributed by atoms with van der Waals surface area (Å²) in [5.74, 6) is -1.65. The van der Waals surface area contributed by atoms with E-state index >= 15 is 0 Å². The Balaban J connectivity index is 1.93. The molecule has 3 rings (SSSR count). The third-order valence-electron chi connectivity index (χ3n) is 3.13. The van der Waals surface area contributed by atoms with Crippen LogP contribution < -0.4 is 5.32 Å². The van der Waals surface area contributed by atoms with Crippen molar-refractivity contribution in [3.05, 3.63) is 54.7 Å². The van der Waals surface area contributed by atoms with Gasteiger partial charge in [0.15, 0.2) is 5.82 Å². The molecule has 1 aromatic heterocycles. The lowest BCUT2D eigenvalue weighted by molar-refractivity contribution is -0.167. The van der Waals surface area contributed by atoms with Crippen molar-refractivity contribution in [2.24, 2.45) is 0 Å². The second-order valence-corrected chi connectivity index (χ2v) is 4.79. The maximum atomic E-state index is 12.3. The third-order valence-corrected chi connectivity index (χ3v) is 3.13. The number of rotatable bonds is 2. The lowest BCUT2D eigenvalue weighted by atomic mass is 10.1. The van der Waals surface area contributed by atoms with Crippen LogP contribution in [-0.4, -0.2) is 22.1 Å². The number of fused-ring (bicyclic) bond motifs is 1. The van der Waals surface area contributed by atoms with Crippen LogP contribution in [0.15, 0.2) is 54.7 Å². The lowest BCUT2D eigenvalue weighted by Crippen LogP contribution is -2.29. The smallest absolute Gasteiger partial charge is 0.318 e. The van der Waals surface area contributed by atoms with Crippen molar-refractivity contribution < 1.29 is 18.0 Å². The van der Waals surface area contributed by atoms with Crippen LogP contribution >= 0.6 is 0 Å². The number of hydrogen-bond donors (Lipinski definition) is 1. The van der Waals surface area contributed by atoms with Gasteiger partial charge in [0, 0.05) is 22.8 Å². The summed E-state index contributed by atoms with van der Waals surface area (Å²) < 4.78 is 36.9. The van der Waals surface area contributed by atoms with Gasteiger partial charge in [-0.05, 0) is 18.2 Å². The van der Waals surface area contributed by atoms with E-state index in [0.29, 0.717) is 11.4 Å². The number of halogens is 3. The van der Waals surface area contributed by atoms with E-state index in [9.17, 15) is 18.0 Å². The highest BCUT2D eigenvalue weighted by molar-refractivity contribution is 5.95. The van der Waals surface area contributed by atoms with E-state index in [1.165, 1.54) is 18.2 Å². The zero-order valence-electron chi connectivity index (χ0n) is 11.6. The maximum Gasteiger partial charge on any atom is 0.471 e. The van der Waals surface area contributed by atoms with Gasteiger partial charge in [0.2, 0.25) is 0 Å². The Morgan fingerprint density at radius 1 is 1.04 bits per heavy atom. The Morgan fingerprint density at radius 2 is 1.83 bits per heavy atom. The molecular formula is C16H10F3N3O. The average Bonchev–Trinajstić information content (AvgIpc) is 2.54. The van der Waals surface area contributed by atoms with Gasteiger partial charge in [0.05, 0.1) is 5.52 Å². The van der Waals surface area contributed by atoms with Crippen LogP contribution in [0.1, 0.15) is 0 Å². The number of alkyl halides is 3. The van der Waals surface area contributed by atoms with Crippen molar-refractivity contribution in [3.63, 3.8) is 0 Å². The van der Waals surface area contributed by atoms with Crippen LogP contribution in [-0.2, 0) is 4.79 Å². The van der Waals surface area contributed by atoms with Gasteiger partial charge in [-0.25, -0.2) is 9.97 Å². The van der Waals surface area contributed by atoms with Gasteiger partial charge in [0.1, 0.15) is 0 Å². The predicted molar refractivity (Wildman–Crippen MR) is 79.7 cm³/mol. The molecule has 23 heavy (non-hydrogen) atoms. The van der Waals surface area contributed by atoms with E-state index in [4.69, 9.17) is 0 Å². The largest absolute Gasteiger partial charge is 0.471 e. The number of aromatic nitrogens is 2. The predicted octanol–water partition coefficient (Wildman–Crippen LogP) is 3.80. The minimum atomic E-state index is -4.94. The number of para-hydroxylation sites is 1. The number of hydrogen-bond acceptors (Lipinski definition) is 3. The van der Waals surface area contributed by atoms with E-state index in [1.807, 2.05) is 29.6 Å². The molecule has 2 aromatic carbocycles. The Morgan fingerprint density at radius 3 is 2.61 bits per heavy atom. The molecule has 1 N–H and O–H groups in total. The number of nitrogens with one attached hydrogen (secondary N) is 1. The molecule has 0 unspecified atom stereocenters. The minimum absolute atomic E-state index is 0.0292. The molecule has 0 atom stereocenters. The standard InChI is InChI=1S/C16H10F3N3O/c17-16(18,19)15(23)21-12-6-3-5-10(8-12)14-20-9-11-4-1-2-7-13(11)22-14/h1-9H,(H,21,23). The molecule has 1 heterocycles. The Labute approximate surface area is 129 Å². The van der Waals surface area contributed by atoms with E-state index in [-0.39, 0.29) is 5.69 Å². The molecule has 0 radical (unpaired) electrons. The fourth-order valence-corrected chi connectivity index (χ4v) is 2.05. The van der Waals surface area contributed by atoms with Crippen molar-refractivity contribution in [1.29, 1.82) is 0 Å². The van der Waals surface area contributed by atoms with E-state index in [1.54, 1.807) is 12.3 Å². The summed E-state index contributed by atoms with van der Waals surface area (Å²) in [5, 5.41) is 2.67. The first kappa shape index (κ1) is 15.0. The van der Waals surface area contributed by atoms with Gasteiger partial charge in [-0.15, -0.1) is 0 Å². The monoisotopic (exact) mass is 317 g/mol. The highest BCUT2D eigenvalue weighted by atomic mass is 19.4. The van der Waals surface area contributed by atoms with Crippen molar-refractivity contribution >= 4 is 22.5 Å². The number of benzene rings is 2. The summed E-state index contributed by atoms with van der Waals surface area (Å²) in [6.45, 7) is 0. The number of anilines is 1. The molecule has 0 spiro atoms. The summed E-state index contributed by atoms with van der Waals surface area (Å²) >= 11 is 0. The van der Waals surface area contributed by atoms with Gasteiger partial charge in [0.25, 0.3) is 0 Å². The average molecular weight is 317 g/mol. The molecule has 0 aliphatic carbocycles. The summed E-state index contributed by atoms with van der Waals surface area (Å²) in [5.41, 5.74) is 1.26. The minimum Gasteiger partial charge on any atom is -0.318 e. The van der Waals surface area contributed by atoms with Gasteiger partial charge in [-0.2, -0.15) is 13.2 Å². The summed E-state index contributed by atoms with van der Waals surface area (Å²) in [7, 11) is 0. The second kappa shape index (κ2) is 5.68. The fourth-order valence-electron chi connectivity index (χ4n) is 2.05. The molecule has 0 aliphatic rings. The molecule has 4 nitrogen and oxygen atoms in total. The highest BCUT2D eigenvalue weighted by Gasteiger charge is 2.38. The van der Waals surface area contributed by atoms with Crippen molar-refractivity contribution in [2.45, 2.75) is 6.18 Å². The summed E-state index contributed by atoms with van der Waals surface area (Å²) in [6.07, 6.45) is -3.30. The fraction of sp³-hybridized carbons (Fsp3) is 0.0625. The van der Waals surface area contributed by atoms with Crippen molar-refractivity contribution in [1.82, 2.24) is 9.97 Å². The number of amides is 1. The molecule has 1 amide bonds. The van der Waals surface area contributed by atoms with Crippen LogP contribution in [0.5, 0.6) is 0 Å². The third kappa shape index (κ3) is 3.28. The molecule has 116 valence electrons. The zero-order chi connectivity index (χ0) is 16.4. The highest BCUT2D eigenvalue weighted by Crippen LogP contribution is 2.23. The van der Waals surface area contributed by atoms with E-state index < -0.39 is 12.1 Å². The van der Waals surface area contributed by atoms with E-state index in [2.05, 4.69) is 9.97 Å². The Kier molecular flexibility index (Phi) is 3.69. The van der Waals surface area contributed by atoms with Crippen LogP contribution in [0.4, 0.5) is 18.9 Å². The Bertz CT molecular complexity index is 878. The summed E-state index contributed by atoms with van der Waals surface area (Å²) in [6, 6.07) is 13.3. The quantitative estimate of drug-likeness (QED) is 0.782. The first-order valence-corrected chi connectivity index (χ1v) is 6.64. The molecule has 0 saturated heterocycles. The normalized spacial score (nSPS) is 11.4. The second-order valence-electron chi connectivity index (χ2n) is 4.79. The zero-order valence-corrected chi connectivity index (χ0v) is 11.6. The van der Waals surface area contributed by atoms with Crippen LogP contribution in [0.25, 0.3) is 22.3 Å². The van der Waals surface area contributed by atoms with Gasteiger partial charge in [-0.1, -0.05) is 30.3 Å². The molecule has 0 fully saturated rings. The first-order valence-electron chi connectivity index (χ1n) is 6.64. The van der Waals surface area contributed by atoms with Gasteiger partial charge in [-0.3, -0.25) is 4.79 Å². The SMILES string of the molecule is O=C(Nc1cccc(-c2ncc3ccccc3n2)c1)C(F)(F)F. The molecule has 0 aliphatic heterocycles. The molecule has 3 aromatic rings. The van der Waals surface area contributed by atoms with Crippen molar-refractivity contribution in [3.8, 4) is 11.4 Å². The maximum absolute atomic E-state index is 12.3. The first-order chi connectivity index (χ1) is 10.9. The molecule has 7 heteroatoms. The molecule has 0 saturated carbocycles. The van der Waals surface area contributed by atoms with Crippen LogP contribution in [0, 0.1) is 0 Å². The molecule has 0 bridgehead atoms. The van der Waals surface area contributed by atoms with Gasteiger partial charge < -0.3 is 5.32 Å². The number of carbonyl (C=O) groups is 1. The topological polar surface area (TPSA) is 54.9 Å². The summed E-state index contributed by atoms with van der Waals surface area (Å²) in [4.78, 5) is 19.6. The number of nitrogens with zero attached hydrogens (tertiary/aromatic N) is 2. The van der Waals surface area contributed by atoms with Crippen LogP contribution in [0.2, 0.25) is 0 Å². The van der Waals surface area contributed by atoms with Gasteiger partial charge >= 0.3 is 12.1 Å². The van der Waals surface area contributed by atoms with Crippen LogP contribution in [0.3, 0.4) is 0 Å². The number of carbonyl (C=O) groups excluding carboxylic acids is 1. The lowest BCUT2D eigenvalue weighted by Gasteiger charge is -2.09. The van der Waals surface area contributed by atoms with E-state index in [0.717, 1.165) is 10.9 Å². The Hall–Kier alpha value is -2.96.